The minimum atomic E-state index is -3.01. The van der Waals surface area contributed by atoms with Crippen molar-refractivity contribution in [3.63, 3.8) is 0 Å². The molecule has 198 valence electrons. The number of aryl methyl sites for hydroxylation is 2. The Morgan fingerprint density at radius 2 is 1.00 bits per heavy atom. The summed E-state index contributed by atoms with van der Waals surface area (Å²) in [5.74, 6) is 0. The van der Waals surface area contributed by atoms with E-state index >= 15 is 0 Å². The first-order chi connectivity index (χ1) is 19.4. The first-order valence-electron chi connectivity index (χ1n) is 15.2. The van der Waals surface area contributed by atoms with Crippen LogP contribution in [-0.4, -0.2) is 0 Å². The monoisotopic (exact) mass is 686 g/mol. The van der Waals surface area contributed by atoms with Crippen LogP contribution < -0.4 is 0 Å². The van der Waals surface area contributed by atoms with Gasteiger partial charge in [-0.25, -0.2) is 0 Å². The third-order valence-electron chi connectivity index (χ3n) is 10.9. The third kappa shape index (κ3) is 3.40. The average Bonchev–Trinajstić information content (AvgIpc) is 3.69. The van der Waals surface area contributed by atoms with Crippen molar-refractivity contribution in [2.45, 2.75) is 56.2 Å². The molecule has 0 aromatic heterocycles. The molecule has 2 atom stereocenters. The zero-order valence-electron chi connectivity index (χ0n) is 24.2. The zero-order chi connectivity index (χ0) is 27.2. The van der Waals surface area contributed by atoms with Gasteiger partial charge in [-0.3, -0.25) is 0 Å². The van der Waals surface area contributed by atoms with Crippen LogP contribution in [0.1, 0.15) is 66.4 Å². The van der Waals surface area contributed by atoms with Gasteiger partial charge in [0.05, 0.1) is 0 Å². The molecule has 1 spiro atoms. The summed E-state index contributed by atoms with van der Waals surface area (Å²) < 4.78 is 6.91. The molecule has 1 heteroatoms. The summed E-state index contributed by atoms with van der Waals surface area (Å²) in [6.45, 7) is 4.37. The molecule has 1 saturated carbocycles. The molecule has 2 unspecified atom stereocenters. The van der Waals surface area contributed by atoms with Gasteiger partial charge in [0.1, 0.15) is 0 Å². The second kappa shape index (κ2) is 8.86. The normalized spacial score (nSPS) is 22.8. The molecule has 0 N–H and O–H groups in total. The molecule has 4 aromatic carbocycles. The molecule has 0 nitrogen and oxygen atoms in total. The second-order valence-corrected chi connectivity index (χ2v) is 30.8. The first-order valence-corrected chi connectivity index (χ1v) is 26.6. The van der Waals surface area contributed by atoms with E-state index in [0.29, 0.717) is 7.35 Å². The van der Waals surface area contributed by atoms with Crippen LogP contribution in [0.4, 0.5) is 0 Å². The molecule has 1 aliphatic heterocycles. The Balaban J connectivity index is 1.35. The Labute approximate surface area is 244 Å². The number of hydrogen-bond donors (Lipinski definition) is 0. The minimum absolute atomic E-state index is 0.234. The molecule has 4 aromatic rings. The van der Waals surface area contributed by atoms with Gasteiger partial charge in [-0.05, 0) is 0 Å². The van der Waals surface area contributed by atoms with E-state index in [2.05, 4.69) is 120 Å². The van der Waals surface area contributed by atoms with Crippen LogP contribution in [0, 0.1) is 19.3 Å². The van der Waals surface area contributed by atoms with Gasteiger partial charge in [-0.1, -0.05) is 0 Å². The summed E-state index contributed by atoms with van der Waals surface area (Å²) in [4.78, 5) is 0. The topological polar surface area (TPSA) is 0 Å². The van der Waals surface area contributed by atoms with E-state index in [4.69, 9.17) is 0 Å². The molecule has 8 rings (SSSR count). The zero-order valence-corrected chi connectivity index (χ0v) is 27.8. The fraction of sp³-hybridized carbons (Fsp3) is 0.282. The van der Waals surface area contributed by atoms with Crippen LogP contribution >= 0.6 is 0 Å². The van der Waals surface area contributed by atoms with Gasteiger partial charge in [0.2, 0.25) is 0 Å². The van der Waals surface area contributed by atoms with Gasteiger partial charge in [0, 0.05) is 0 Å². The molecule has 3 aliphatic carbocycles. The van der Waals surface area contributed by atoms with Crippen LogP contribution in [0.25, 0.3) is 34.4 Å². The van der Waals surface area contributed by atoms with Crippen LogP contribution in [0.2, 0.25) is 9.36 Å². The Morgan fingerprint density at radius 1 is 0.575 bits per heavy atom. The van der Waals surface area contributed by atoms with Crippen molar-refractivity contribution in [2.75, 3.05) is 0 Å². The van der Waals surface area contributed by atoms with E-state index in [-0.39, 0.29) is 5.41 Å². The van der Waals surface area contributed by atoms with Gasteiger partial charge in [-0.15, -0.1) is 0 Å². The predicted molar refractivity (Wildman–Crippen MR) is 167 cm³/mol. The number of fused-ring (bicyclic) bond motifs is 8. The van der Waals surface area contributed by atoms with Crippen molar-refractivity contribution in [3.05, 3.63) is 129 Å². The van der Waals surface area contributed by atoms with Gasteiger partial charge < -0.3 is 0 Å². The van der Waals surface area contributed by atoms with Crippen LogP contribution in [0.5, 0.6) is 0 Å². The molecule has 4 aliphatic rings. The number of hydrogen-bond acceptors (Lipinski definition) is 0. The van der Waals surface area contributed by atoms with Crippen LogP contribution in [-0.2, 0) is 20.0 Å². The van der Waals surface area contributed by atoms with Gasteiger partial charge in [-0.2, -0.15) is 0 Å². The summed E-state index contributed by atoms with van der Waals surface area (Å²) in [5.41, 5.74) is 18.4. The molecule has 0 bridgehead atoms. The van der Waals surface area contributed by atoms with E-state index < -0.39 is 20.0 Å². The van der Waals surface area contributed by atoms with Crippen molar-refractivity contribution in [1.82, 2.24) is 0 Å². The van der Waals surface area contributed by atoms with Crippen molar-refractivity contribution >= 4 is 12.2 Å². The quantitative estimate of drug-likeness (QED) is 0.184. The van der Waals surface area contributed by atoms with E-state index in [1.54, 1.807) is 22.3 Å². The second-order valence-electron chi connectivity index (χ2n) is 13.5. The summed E-state index contributed by atoms with van der Waals surface area (Å²) in [5, 5.41) is 0. The van der Waals surface area contributed by atoms with Gasteiger partial charge in [0.15, 0.2) is 0 Å². The Kier molecular flexibility index (Phi) is 5.53. The molecular formula is C39H38Hf. The number of benzene rings is 4. The van der Waals surface area contributed by atoms with Gasteiger partial charge >= 0.3 is 245 Å². The summed E-state index contributed by atoms with van der Waals surface area (Å²) in [6, 6.07) is 32.8. The average molecular weight is 685 g/mol. The Bertz CT molecular complexity index is 1600. The van der Waals surface area contributed by atoms with Crippen LogP contribution in [0.15, 0.2) is 96.1 Å². The Morgan fingerprint density at radius 3 is 1.43 bits per heavy atom. The van der Waals surface area contributed by atoms with Crippen LogP contribution in [0.3, 0.4) is 0 Å². The fourth-order valence-corrected chi connectivity index (χ4v) is 26.2. The molecule has 2 fully saturated rings. The Hall–Kier alpha value is -2.77. The molecule has 0 radical (unpaired) electrons. The molecule has 0 amide bonds. The van der Waals surface area contributed by atoms with Crippen molar-refractivity contribution in [3.8, 4) is 22.3 Å². The van der Waals surface area contributed by atoms with Gasteiger partial charge in [0.25, 0.3) is 0 Å². The fourth-order valence-electron chi connectivity index (χ4n) is 9.10. The summed E-state index contributed by atoms with van der Waals surface area (Å²) >= 11 is -3.01. The molecule has 40 heavy (non-hydrogen) atoms. The standard InChI is InChI=1S/C37H32.2CH3.Hf/c1-25-11-15-27(16-12-25)33-9-5-7-29-21-31(23-35(29)33)37(19-3-4-20-37)32-22-30-8-6-10-34(36(30)24-32)28-17-13-26(2)14-18-28;;;/h5-18,21-24H,3-4,19-20H2,1-2H3;2*1H3;. The van der Waals surface area contributed by atoms with Crippen molar-refractivity contribution in [1.29, 1.82) is 0 Å². The molecule has 1 saturated heterocycles. The molecule has 1 heterocycles. The summed E-state index contributed by atoms with van der Waals surface area (Å²) in [6.07, 6.45) is 10.8. The number of allylic oxidation sites excluding steroid dienone is 2. The van der Waals surface area contributed by atoms with E-state index in [1.807, 2.05) is 0 Å². The first kappa shape index (κ1) is 25.0. The summed E-state index contributed by atoms with van der Waals surface area (Å²) in [7, 11) is 0. The van der Waals surface area contributed by atoms with Crippen molar-refractivity contribution < 1.29 is 20.0 Å². The van der Waals surface area contributed by atoms with E-state index in [1.165, 1.54) is 70.2 Å². The third-order valence-corrected chi connectivity index (χ3v) is 26.1. The maximum absolute atomic E-state index is 3.01. The van der Waals surface area contributed by atoms with E-state index in [9.17, 15) is 0 Å². The van der Waals surface area contributed by atoms with Crippen molar-refractivity contribution in [2.24, 2.45) is 5.41 Å². The molecular weight excluding hydrogens is 647 g/mol. The predicted octanol–water partition coefficient (Wildman–Crippen LogP) is 11.0. The van der Waals surface area contributed by atoms with E-state index in [0.717, 1.165) is 0 Å². The maximum atomic E-state index is 2.78. The number of rotatable bonds is 2. The SMILES string of the molecule is Cc1ccc(-c2cccc3c2C=C2[CH]3[Hf]([CH3])([CH3])[CH]3C(=Cc4c(-c5ccc(C)cc5)cccc43)C23CCCC3)cc1.